The van der Waals surface area contributed by atoms with E-state index in [1.807, 2.05) is 13.8 Å². The smallest absolute Gasteiger partial charge is 0.328 e. The summed E-state index contributed by atoms with van der Waals surface area (Å²) in [7, 11) is 1.28. The van der Waals surface area contributed by atoms with Crippen molar-refractivity contribution in [3.05, 3.63) is 40.3 Å². The normalized spacial score (nSPS) is 12.2. The number of methoxy groups -OCH3 is 1. The molecule has 1 aromatic heterocycles. The molecule has 0 fully saturated rings. The Morgan fingerprint density at radius 2 is 1.91 bits per heavy atom. The Kier molecular flexibility index (Phi) is 5.10. The van der Waals surface area contributed by atoms with Gasteiger partial charge in [-0.05, 0) is 12.0 Å². The molecule has 0 radical (unpaired) electrons. The van der Waals surface area contributed by atoms with E-state index in [4.69, 9.17) is 4.74 Å². The maximum Gasteiger partial charge on any atom is 0.328 e. The third kappa shape index (κ3) is 3.74. The minimum Gasteiger partial charge on any atom is -0.467 e. The summed E-state index contributed by atoms with van der Waals surface area (Å²) in [5.74, 6) is -0.960. The Hall–Kier alpha value is -2.70. The second kappa shape index (κ2) is 7.04. The lowest BCUT2D eigenvalue weighted by molar-refractivity contribution is -0.146. The number of nitrogens with zero attached hydrogens (tertiary/aromatic N) is 1. The number of nitrogens with one attached hydrogen (secondary N) is 2. The SMILES string of the molecule is COC(=O)[C@@H](NC(=O)Cc1n[nH]c(=O)c2ccccc12)C(C)C. The van der Waals surface area contributed by atoms with Gasteiger partial charge in [-0.25, -0.2) is 9.89 Å². The van der Waals surface area contributed by atoms with Crippen LogP contribution in [0.4, 0.5) is 0 Å². The van der Waals surface area contributed by atoms with Crippen LogP contribution in [0.1, 0.15) is 19.5 Å². The van der Waals surface area contributed by atoms with Gasteiger partial charge in [0, 0.05) is 5.39 Å². The predicted molar refractivity (Wildman–Crippen MR) is 84.9 cm³/mol. The summed E-state index contributed by atoms with van der Waals surface area (Å²) in [4.78, 5) is 35.7. The van der Waals surface area contributed by atoms with Crippen molar-refractivity contribution in [3.63, 3.8) is 0 Å². The summed E-state index contributed by atoms with van der Waals surface area (Å²) in [5.41, 5.74) is 0.143. The second-order valence-corrected chi connectivity index (χ2v) is 5.53. The second-order valence-electron chi connectivity index (χ2n) is 5.53. The van der Waals surface area contributed by atoms with Crippen LogP contribution < -0.4 is 10.9 Å². The van der Waals surface area contributed by atoms with Crippen LogP contribution in [0, 0.1) is 5.92 Å². The molecule has 0 aliphatic rings. The van der Waals surface area contributed by atoms with E-state index in [-0.39, 0.29) is 23.8 Å². The molecule has 7 nitrogen and oxygen atoms in total. The standard InChI is InChI=1S/C16H19N3O4/c1-9(2)14(16(22)23-3)17-13(20)8-12-10-6-4-5-7-11(10)15(21)19-18-12/h4-7,9,14H,8H2,1-3H3,(H,17,20)(H,19,21)/t14-/m0/s1. The van der Waals surface area contributed by atoms with E-state index < -0.39 is 12.0 Å². The van der Waals surface area contributed by atoms with Crippen molar-refractivity contribution >= 4 is 22.6 Å². The first-order chi connectivity index (χ1) is 10.9. The summed E-state index contributed by atoms with van der Waals surface area (Å²) < 4.78 is 4.69. The van der Waals surface area contributed by atoms with E-state index in [1.54, 1.807) is 24.3 Å². The van der Waals surface area contributed by atoms with Crippen molar-refractivity contribution in [2.75, 3.05) is 7.11 Å². The van der Waals surface area contributed by atoms with Crippen LogP contribution in [-0.4, -0.2) is 35.2 Å². The molecule has 0 saturated carbocycles. The summed E-state index contributed by atoms with van der Waals surface area (Å²) in [6.45, 7) is 3.63. The number of H-pyrrole nitrogens is 1. The first kappa shape index (κ1) is 16.7. The first-order valence-corrected chi connectivity index (χ1v) is 7.27. The molecule has 0 unspecified atom stereocenters. The molecule has 2 N–H and O–H groups in total. The van der Waals surface area contributed by atoms with Crippen molar-refractivity contribution in [2.24, 2.45) is 5.92 Å². The van der Waals surface area contributed by atoms with Crippen molar-refractivity contribution in [3.8, 4) is 0 Å². The quantitative estimate of drug-likeness (QED) is 0.794. The zero-order chi connectivity index (χ0) is 17.0. The van der Waals surface area contributed by atoms with E-state index in [2.05, 4.69) is 15.5 Å². The van der Waals surface area contributed by atoms with Gasteiger partial charge in [-0.3, -0.25) is 9.59 Å². The Labute approximate surface area is 133 Å². The van der Waals surface area contributed by atoms with Crippen molar-refractivity contribution in [1.29, 1.82) is 0 Å². The Morgan fingerprint density at radius 1 is 1.26 bits per heavy atom. The molecule has 0 bridgehead atoms. The molecule has 0 saturated heterocycles. The first-order valence-electron chi connectivity index (χ1n) is 7.27. The highest BCUT2D eigenvalue weighted by Crippen LogP contribution is 2.13. The lowest BCUT2D eigenvalue weighted by Gasteiger charge is -2.19. The van der Waals surface area contributed by atoms with Crippen LogP contribution in [0.3, 0.4) is 0 Å². The molecular weight excluding hydrogens is 298 g/mol. The molecule has 0 aliphatic heterocycles. The number of hydrogen-bond acceptors (Lipinski definition) is 5. The van der Waals surface area contributed by atoms with E-state index in [1.165, 1.54) is 7.11 Å². The predicted octanol–water partition coefficient (Wildman–Crippen LogP) is 0.779. The highest BCUT2D eigenvalue weighted by molar-refractivity contribution is 5.90. The fourth-order valence-corrected chi connectivity index (χ4v) is 2.31. The van der Waals surface area contributed by atoms with Crippen LogP contribution in [0.25, 0.3) is 10.8 Å². The number of aromatic nitrogens is 2. The number of benzene rings is 1. The average Bonchev–Trinajstić information content (AvgIpc) is 2.54. The Morgan fingerprint density at radius 3 is 2.52 bits per heavy atom. The number of fused-ring (bicyclic) bond motifs is 1. The van der Waals surface area contributed by atoms with Gasteiger partial charge in [-0.2, -0.15) is 5.10 Å². The number of carbonyl (C=O) groups is 2. The van der Waals surface area contributed by atoms with Crippen molar-refractivity contribution < 1.29 is 14.3 Å². The monoisotopic (exact) mass is 317 g/mol. The number of carbonyl (C=O) groups excluding carboxylic acids is 2. The molecule has 1 amide bonds. The number of rotatable bonds is 5. The van der Waals surface area contributed by atoms with Gasteiger partial charge in [-0.1, -0.05) is 32.0 Å². The number of hydrogen-bond donors (Lipinski definition) is 2. The van der Waals surface area contributed by atoms with E-state index >= 15 is 0 Å². The zero-order valence-corrected chi connectivity index (χ0v) is 13.3. The largest absolute Gasteiger partial charge is 0.467 e. The average molecular weight is 317 g/mol. The summed E-state index contributed by atoms with van der Waals surface area (Å²) in [5, 5.41) is 10.1. The number of amides is 1. The van der Waals surface area contributed by atoms with Crippen LogP contribution in [0.15, 0.2) is 29.1 Å². The molecule has 2 aromatic rings. The molecule has 0 spiro atoms. The van der Waals surface area contributed by atoms with Crippen LogP contribution in [0.5, 0.6) is 0 Å². The molecule has 1 heterocycles. The topological polar surface area (TPSA) is 101 Å². The van der Waals surface area contributed by atoms with E-state index in [9.17, 15) is 14.4 Å². The minimum atomic E-state index is -0.721. The van der Waals surface area contributed by atoms with E-state index in [0.717, 1.165) is 0 Å². The number of aromatic amines is 1. The highest BCUT2D eigenvalue weighted by Gasteiger charge is 2.25. The third-order valence-corrected chi connectivity index (χ3v) is 3.54. The third-order valence-electron chi connectivity index (χ3n) is 3.54. The van der Waals surface area contributed by atoms with Gasteiger partial charge in [0.25, 0.3) is 5.56 Å². The maximum absolute atomic E-state index is 12.2. The van der Waals surface area contributed by atoms with Gasteiger partial charge in [-0.15, -0.1) is 0 Å². The minimum absolute atomic E-state index is 0.0441. The van der Waals surface area contributed by atoms with Crippen LogP contribution in [-0.2, 0) is 20.7 Å². The summed E-state index contributed by atoms with van der Waals surface area (Å²) in [6.07, 6.45) is -0.0441. The number of ether oxygens (including phenoxy) is 1. The lowest BCUT2D eigenvalue weighted by Crippen LogP contribution is -2.45. The van der Waals surface area contributed by atoms with Gasteiger partial charge < -0.3 is 10.1 Å². The highest BCUT2D eigenvalue weighted by atomic mass is 16.5. The van der Waals surface area contributed by atoms with Crippen LogP contribution in [0.2, 0.25) is 0 Å². The van der Waals surface area contributed by atoms with E-state index in [0.29, 0.717) is 16.5 Å². The number of esters is 1. The van der Waals surface area contributed by atoms with Gasteiger partial charge in [0.15, 0.2) is 0 Å². The summed E-state index contributed by atoms with van der Waals surface area (Å²) in [6, 6.07) is 6.20. The molecular formula is C16H19N3O4. The molecule has 1 atom stereocenters. The molecule has 0 aliphatic carbocycles. The van der Waals surface area contributed by atoms with Crippen LogP contribution >= 0.6 is 0 Å². The molecule has 122 valence electrons. The molecule has 2 rings (SSSR count). The van der Waals surface area contributed by atoms with Gasteiger partial charge in [0.1, 0.15) is 6.04 Å². The fraction of sp³-hybridized carbons (Fsp3) is 0.375. The Balaban J connectivity index is 2.22. The molecule has 1 aromatic carbocycles. The Bertz CT molecular complexity index is 782. The van der Waals surface area contributed by atoms with Crippen molar-refractivity contribution in [2.45, 2.75) is 26.3 Å². The zero-order valence-electron chi connectivity index (χ0n) is 13.3. The van der Waals surface area contributed by atoms with Crippen molar-refractivity contribution in [1.82, 2.24) is 15.5 Å². The fourth-order valence-electron chi connectivity index (χ4n) is 2.31. The molecule has 7 heteroatoms. The van der Waals surface area contributed by atoms with Gasteiger partial charge in [0.2, 0.25) is 5.91 Å². The summed E-state index contributed by atoms with van der Waals surface area (Å²) >= 11 is 0. The lowest BCUT2D eigenvalue weighted by atomic mass is 10.0. The van der Waals surface area contributed by atoms with Gasteiger partial charge in [0.05, 0.1) is 24.6 Å². The molecule has 23 heavy (non-hydrogen) atoms. The van der Waals surface area contributed by atoms with Gasteiger partial charge >= 0.3 is 5.97 Å². The maximum atomic E-state index is 12.2.